The molecule has 1 aromatic heterocycles. The topological polar surface area (TPSA) is 107 Å². The highest BCUT2D eigenvalue weighted by atomic mass is 32.2. The predicted octanol–water partition coefficient (Wildman–Crippen LogP) is 4.18. The van der Waals surface area contributed by atoms with Crippen LogP contribution in [-0.4, -0.2) is 37.7 Å². The van der Waals surface area contributed by atoms with Crippen LogP contribution in [0.3, 0.4) is 0 Å². The lowest BCUT2D eigenvalue weighted by Crippen LogP contribution is -2.31. The molecule has 0 spiro atoms. The van der Waals surface area contributed by atoms with E-state index in [4.69, 9.17) is 4.74 Å². The molecule has 1 aliphatic rings. The third-order valence-corrected chi connectivity index (χ3v) is 7.81. The van der Waals surface area contributed by atoms with Crippen molar-refractivity contribution in [3.05, 3.63) is 88.7 Å². The fourth-order valence-corrected chi connectivity index (χ4v) is 5.34. The highest BCUT2D eigenvalue weighted by Gasteiger charge is 2.28. The maximum absolute atomic E-state index is 13.5. The summed E-state index contributed by atoms with van der Waals surface area (Å²) in [6.45, 7) is 5.08. The van der Waals surface area contributed by atoms with Crippen LogP contribution in [0, 0.1) is 0 Å². The molecule has 2 heterocycles. The summed E-state index contributed by atoms with van der Waals surface area (Å²) in [6.07, 6.45) is 2.45. The van der Waals surface area contributed by atoms with Crippen molar-refractivity contribution in [2.24, 2.45) is 0 Å². The van der Waals surface area contributed by atoms with Crippen LogP contribution in [0.25, 0.3) is 0 Å². The Morgan fingerprint density at radius 3 is 2.24 bits per heavy atom. The molecule has 0 aliphatic carbocycles. The van der Waals surface area contributed by atoms with Crippen LogP contribution in [0.5, 0.6) is 0 Å². The Bertz CT molecular complexity index is 1380. The molecule has 0 fully saturated rings. The van der Waals surface area contributed by atoms with Crippen LogP contribution in [0.1, 0.15) is 76.4 Å². The van der Waals surface area contributed by atoms with Crippen LogP contribution in [0.2, 0.25) is 0 Å². The molecule has 37 heavy (non-hydrogen) atoms. The number of rotatable bonds is 9. The summed E-state index contributed by atoms with van der Waals surface area (Å²) >= 11 is 0. The summed E-state index contributed by atoms with van der Waals surface area (Å²) in [5.74, 6) is -0.578. The van der Waals surface area contributed by atoms with E-state index >= 15 is 0 Å². The first-order valence-corrected chi connectivity index (χ1v) is 14.4. The van der Waals surface area contributed by atoms with Gasteiger partial charge in [-0.3, -0.25) is 9.59 Å². The van der Waals surface area contributed by atoms with Crippen molar-refractivity contribution in [2.45, 2.75) is 56.8 Å². The van der Waals surface area contributed by atoms with Gasteiger partial charge < -0.3 is 19.9 Å². The molecule has 0 radical (unpaired) electrons. The van der Waals surface area contributed by atoms with Gasteiger partial charge in [-0.15, -0.1) is 0 Å². The summed E-state index contributed by atoms with van der Waals surface area (Å²) in [5.41, 5.74) is 3.20. The first kappa shape index (κ1) is 26.6. The first-order valence-electron chi connectivity index (χ1n) is 12.5. The number of hydrogen-bond acceptors (Lipinski definition) is 5. The van der Waals surface area contributed by atoms with E-state index in [0.29, 0.717) is 42.1 Å². The van der Waals surface area contributed by atoms with E-state index in [9.17, 15) is 18.0 Å². The normalized spacial score (nSPS) is 14.9. The van der Waals surface area contributed by atoms with Crippen LogP contribution >= 0.6 is 0 Å². The van der Waals surface area contributed by atoms with Crippen molar-refractivity contribution in [3.8, 4) is 0 Å². The number of benzene rings is 2. The zero-order valence-corrected chi connectivity index (χ0v) is 22.2. The third kappa shape index (κ3) is 5.94. The quantitative estimate of drug-likeness (QED) is 0.438. The van der Waals surface area contributed by atoms with Gasteiger partial charge in [0.05, 0.1) is 41.5 Å². The fraction of sp³-hybridized carbons (Fsp3) is 0.357. The smallest absolute Gasteiger partial charge is 0.268 e. The molecule has 0 unspecified atom stereocenters. The molecule has 0 saturated carbocycles. The molecule has 2 aromatic carbocycles. The number of hydrogen-bond donors (Lipinski definition) is 2. The Kier molecular flexibility index (Phi) is 8.14. The predicted molar refractivity (Wildman–Crippen MR) is 141 cm³/mol. The van der Waals surface area contributed by atoms with Gasteiger partial charge in [-0.05, 0) is 42.2 Å². The van der Waals surface area contributed by atoms with E-state index < -0.39 is 9.84 Å². The van der Waals surface area contributed by atoms with E-state index in [0.717, 1.165) is 18.2 Å². The lowest BCUT2D eigenvalue weighted by atomic mass is 10.0. The molecule has 2 amide bonds. The van der Waals surface area contributed by atoms with E-state index in [1.807, 2.05) is 48.7 Å². The van der Waals surface area contributed by atoms with Gasteiger partial charge in [0.1, 0.15) is 5.69 Å². The number of carbonyl (C=O) groups is 2. The van der Waals surface area contributed by atoms with Crippen LogP contribution < -0.4 is 10.6 Å². The minimum absolute atomic E-state index is 0.155. The highest BCUT2D eigenvalue weighted by molar-refractivity contribution is 7.90. The molecule has 8 nitrogen and oxygen atoms in total. The largest absolute Gasteiger partial charge is 0.373 e. The highest BCUT2D eigenvalue weighted by Crippen LogP contribution is 2.25. The van der Waals surface area contributed by atoms with Crippen molar-refractivity contribution < 1.29 is 22.7 Å². The second kappa shape index (κ2) is 11.3. The standard InChI is InChI=1S/C28H33N3O5S/c1-4-23(19-10-7-6-8-11-19)29-27(32)22-17-25(31-14-15-36-18-26(22)31)28(33)30-24(5-2)20-12-9-13-21(16-20)37(3,34)35/h6-13,16-17,23-24H,4-5,14-15,18H2,1-3H3,(H,29,32)(H,30,33)/t23-,24-/m1/s1. The van der Waals surface area contributed by atoms with E-state index in [2.05, 4.69) is 10.6 Å². The molecular formula is C28H33N3O5S. The summed E-state index contributed by atoms with van der Waals surface area (Å²) in [7, 11) is -3.37. The van der Waals surface area contributed by atoms with E-state index in [-0.39, 0.29) is 35.4 Å². The number of amides is 2. The van der Waals surface area contributed by atoms with E-state index in [1.54, 1.807) is 30.3 Å². The summed E-state index contributed by atoms with van der Waals surface area (Å²) < 4.78 is 31.5. The Hall–Kier alpha value is -3.43. The van der Waals surface area contributed by atoms with Crippen LogP contribution in [-0.2, 0) is 27.7 Å². The number of nitrogens with one attached hydrogen (secondary N) is 2. The maximum Gasteiger partial charge on any atom is 0.268 e. The number of carbonyl (C=O) groups excluding carboxylic acids is 2. The lowest BCUT2D eigenvalue weighted by molar-refractivity contribution is 0.0773. The Balaban J connectivity index is 1.60. The summed E-state index contributed by atoms with van der Waals surface area (Å²) in [5, 5.41) is 6.13. The van der Waals surface area contributed by atoms with Crippen molar-refractivity contribution in [3.63, 3.8) is 0 Å². The van der Waals surface area contributed by atoms with Crippen LogP contribution in [0.4, 0.5) is 0 Å². The van der Waals surface area contributed by atoms with Crippen molar-refractivity contribution in [2.75, 3.05) is 12.9 Å². The fourth-order valence-electron chi connectivity index (χ4n) is 4.67. The van der Waals surface area contributed by atoms with Gasteiger partial charge in [-0.25, -0.2) is 8.42 Å². The first-order chi connectivity index (χ1) is 17.7. The molecule has 0 saturated heterocycles. The van der Waals surface area contributed by atoms with Crippen molar-refractivity contribution in [1.29, 1.82) is 0 Å². The molecule has 196 valence electrons. The summed E-state index contributed by atoms with van der Waals surface area (Å²) in [6, 6.07) is 17.5. The van der Waals surface area contributed by atoms with Gasteiger partial charge in [0.25, 0.3) is 11.8 Å². The van der Waals surface area contributed by atoms with Gasteiger partial charge in [-0.1, -0.05) is 56.3 Å². The van der Waals surface area contributed by atoms with Gasteiger partial charge >= 0.3 is 0 Å². The van der Waals surface area contributed by atoms with Gasteiger partial charge in [0.2, 0.25) is 0 Å². The van der Waals surface area contributed by atoms with Crippen LogP contribution in [0.15, 0.2) is 65.6 Å². The monoisotopic (exact) mass is 523 g/mol. The maximum atomic E-state index is 13.5. The number of fused-ring (bicyclic) bond motifs is 1. The lowest BCUT2D eigenvalue weighted by Gasteiger charge is -2.22. The Morgan fingerprint density at radius 2 is 1.57 bits per heavy atom. The molecule has 1 aliphatic heterocycles. The molecule has 2 atom stereocenters. The zero-order valence-electron chi connectivity index (χ0n) is 21.4. The molecule has 0 bridgehead atoms. The molecule has 9 heteroatoms. The molecule has 2 N–H and O–H groups in total. The third-order valence-electron chi connectivity index (χ3n) is 6.70. The average Bonchev–Trinajstić information content (AvgIpc) is 3.30. The SMILES string of the molecule is CC[C@@H](NC(=O)c1cc(C(=O)N[C@H](CC)c2cccc(S(C)(=O)=O)c2)n2c1COCC2)c1ccccc1. The van der Waals surface area contributed by atoms with Gasteiger partial charge in [0, 0.05) is 12.8 Å². The van der Waals surface area contributed by atoms with Gasteiger partial charge in [0.15, 0.2) is 9.84 Å². The average molecular weight is 524 g/mol. The molecule has 4 rings (SSSR count). The molecular weight excluding hydrogens is 490 g/mol. The minimum atomic E-state index is -3.37. The van der Waals surface area contributed by atoms with Gasteiger partial charge in [-0.2, -0.15) is 0 Å². The summed E-state index contributed by atoms with van der Waals surface area (Å²) in [4.78, 5) is 27.0. The number of nitrogens with zero attached hydrogens (tertiary/aromatic N) is 1. The van der Waals surface area contributed by atoms with Crippen molar-refractivity contribution >= 4 is 21.7 Å². The Labute approximate surface area is 217 Å². The second-order valence-electron chi connectivity index (χ2n) is 9.22. The second-order valence-corrected chi connectivity index (χ2v) is 11.2. The van der Waals surface area contributed by atoms with Crippen molar-refractivity contribution in [1.82, 2.24) is 15.2 Å². The number of ether oxygens (including phenoxy) is 1. The number of sulfone groups is 1. The number of aromatic nitrogens is 1. The van der Waals surface area contributed by atoms with E-state index in [1.165, 1.54) is 0 Å². The Morgan fingerprint density at radius 1 is 0.919 bits per heavy atom. The molecule has 3 aromatic rings. The zero-order chi connectivity index (χ0) is 26.6. The minimum Gasteiger partial charge on any atom is -0.373 e.